The Morgan fingerprint density at radius 1 is 1.70 bits per heavy atom. The van der Waals surface area contributed by atoms with Crippen molar-refractivity contribution < 1.29 is 0 Å². The molecule has 0 radical (unpaired) electrons. The van der Waals surface area contributed by atoms with E-state index >= 15 is 0 Å². The van der Waals surface area contributed by atoms with E-state index in [1.807, 2.05) is 6.07 Å². The molecule has 10 heavy (non-hydrogen) atoms. The van der Waals surface area contributed by atoms with Crippen molar-refractivity contribution in [1.29, 1.82) is 5.26 Å². The third-order valence-electron chi connectivity index (χ3n) is 1.27. The van der Waals surface area contributed by atoms with Gasteiger partial charge in [-0.3, -0.25) is 4.79 Å². The fourth-order valence-electron chi connectivity index (χ4n) is 0.722. The first-order chi connectivity index (χ1) is 4.75. The predicted octanol–water partition coefficient (Wildman–Crippen LogP) is 0.555. The summed E-state index contributed by atoms with van der Waals surface area (Å²) in [7, 11) is 0. The molecule has 0 atom stereocenters. The van der Waals surface area contributed by atoms with Gasteiger partial charge in [0.05, 0.1) is 0 Å². The Hall–Kier alpha value is -1.56. The number of aryl methyl sites for hydroxylation is 1. The van der Waals surface area contributed by atoms with Crippen LogP contribution in [0.3, 0.4) is 0 Å². The number of nitrogens with zero attached hydrogens (tertiary/aromatic N) is 1. The van der Waals surface area contributed by atoms with Gasteiger partial charge >= 0.3 is 0 Å². The Kier molecular flexibility index (Phi) is 1.55. The smallest absolute Gasteiger partial charge is 0.199 e. The van der Waals surface area contributed by atoms with Gasteiger partial charge in [0.1, 0.15) is 11.6 Å². The molecule has 0 unspecified atom stereocenters. The monoisotopic (exact) mass is 134 g/mol. The lowest BCUT2D eigenvalue weighted by molar-refractivity contribution is 1.16. The van der Waals surface area contributed by atoms with Gasteiger partial charge in [0.15, 0.2) is 5.43 Å². The van der Waals surface area contributed by atoms with E-state index in [2.05, 4.69) is 4.98 Å². The molecule has 0 aliphatic carbocycles. The average Bonchev–Trinajstić information content (AvgIpc) is 1.88. The normalized spacial score (nSPS) is 8.80. The summed E-state index contributed by atoms with van der Waals surface area (Å²) in [6.07, 6.45) is 1.53. The predicted molar refractivity (Wildman–Crippen MR) is 36.5 cm³/mol. The lowest BCUT2D eigenvalue weighted by atomic mass is 10.2. The van der Waals surface area contributed by atoms with E-state index in [1.54, 1.807) is 6.92 Å². The van der Waals surface area contributed by atoms with Crippen LogP contribution in [0.5, 0.6) is 0 Å². The highest BCUT2D eigenvalue weighted by molar-refractivity contribution is 5.31. The fraction of sp³-hybridized carbons (Fsp3) is 0.143. The zero-order valence-corrected chi connectivity index (χ0v) is 5.51. The maximum absolute atomic E-state index is 10.8. The molecule has 3 nitrogen and oxygen atoms in total. The highest BCUT2D eigenvalue weighted by Gasteiger charge is 1.98. The van der Waals surface area contributed by atoms with Gasteiger partial charge in [-0.2, -0.15) is 5.26 Å². The van der Waals surface area contributed by atoms with Crippen molar-refractivity contribution >= 4 is 0 Å². The molecule has 0 saturated heterocycles. The van der Waals surface area contributed by atoms with Crippen LogP contribution >= 0.6 is 0 Å². The van der Waals surface area contributed by atoms with Crippen LogP contribution in [0, 0.1) is 18.3 Å². The zero-order valence-electron chi connectivity index (χ0n) is 5.51. The first-order valence-corrected chi connectivity index (χ1v) is 2.84. The Morgan fingerprint density at radius 3 is 2.80 bits per heavy atom. The molecule has 0 aliphatic rings. The summed E-state index contributed by atoms with van der Waals surface area (Å²) in [6, 6.07) is 3.16. The molecule has 0 amide bonds. The maximum atomic E-state index is 10.8. The van der Waals surface area contributed by atoms with Gasteiger partial charge in [-0.1, -0.05) is 0 Å². The number of nitrogens with one attached hydrogen (secondary N) is 1. The van der Waals surface area contributed by atoms with E-state index < -0.39 is 0 Å². The number of hydrogen-bond acceptors (Lipinski definition) is 2. The summed E-state index contributed by atoms with van der Waals surface area (Å²) in [5.41, 5.74) is 0.594. The van der Waals surface area contributed by atoms with Gasteiger partial charge in [-0.25, -0.2) is 0 Å². The summed E-state index contributed by atoms with van der Waals surface area (Å²) in [4.78, 5) is 13.6. The summed E-state index contributed by atoms with van der Waals surface area (Å²) >= 11 is 0. The van der Waals surface area contributed by atoms with Crippen molar-refractivity contribution in [3.63, 3.8) is 0 Å². The number of hydrogen-bond donors (Lipinski definition) is 1. The van der Waals surface area contributed by atoms with Crippen molar-refractivity contribution in [2.45, 2.75) is 6.92 Å². The van der Waals surface area contributed by atoms with Gasteiger partial charge in [0.25, 0.3) is 0 Å². The minimum atomic E-state index is -0.223. The van der Waals surface area contributed by atoms with E-state index in [9.17, 15) is 4.79 Å². The average molecular weight is 134 g/mol. The number of pyridine rings is 1. The summed E-state index contributed by atoms with van der Waals surface area (Å²) < 4.78 is 0. The number of aromatic nitrogens is 1. The van der Waals surface area contributed by atoms with E-state index in [0.29, 0.717) is 5.69 Å². The SMILES string of the molecule is Cc1[nH]ccc(=O)c1C#N. The second kappa shape index (κ2) is 2.36. The lowest BCUT2D eigenvalue weighted by Crippen LogP contribution is -2.06. The van der Waals surface area contributed by atoms with Crippen LogP contribution in [0.4, 0.5) is 0 Å². The molecule has 1 rings (SSSR count). The van der Waals surface area contributed by atoms with Crippen LogP contribution in [0.25, 0.3) is 0 Å². The van der Waals surface area contributed by atoms with E-state index in [-0.39, 0.29) is 11.0 Å². The number of rotatable bonds is 0. The molecule has 1 N–H and O–H groups in total. The minimum absolute atomic E-state index is 0.197. The summed E-state index contributed by atoms with van der Waals surface area (Å²) in [6.45, 7) is 1.69. The van der Waals surface area contributed by atoms with Gasteiger partial charge in [0.2, 0.25) is 0 Å². The molecule has 3 heteroatoms. The Morgan fingerprint density at radius 2 is 2.40 bits per heavy atom. The first-order valence-electron chi connectivity index (χ1n) is 2.84. The third-order valence-corrected chi connectivity index (χ3v) is 1.27. The van der Waals surface area contributed by atoms with Crippen molar-refractivity contribution in [3.05, 3.63) is 33.7 Å². The summed E-state index contributed by atoms with van der Waals surface area (Å²) in [5, 5.41) is 8.43. The first kappa shape index (κ1) is 6.56. The maximum Gasteiger partial charge on any atom is 0.199 e. The molecule has 0 aliphatic heterocycles. The summed E-state index contributed by atoms with van der Waals surface area (Å²) in [5.74, 6) is 0. The number of H-pyrrole nitrogens is 1. The molecule has 1 aromatic heterocycles. The third kappa shape index (κ3) is 0.914. The molecule has 0 bridgehead atoms. The zero-order chi connectivity index (χ0) is 7.56. The van der Waals surface area contributed by atoms with Gasteiger partial charge in [0, 0.05) is 18.0 Å². The van der Waals surface area contributed by atoms with Crippen molar-refractivity contribution in [2.24, 2.45) is 0 Å². The fourth-order valence-corrected chi connectivity index (χ4v) is 0.722. The molecule has 0 saturated carbocycles. The molecule has 1 heterocycles. The molecule has 1 aromatic rings. The largest absolute Gasteiger partial charge is 0.364 e. The molecule has 0 spiro atoms. The van der Waals surface area contributed by atoms with Crippen molar-refractivity contribution in [1.82, 2.24) is 4.98 Å². The number of aromatic amines is 1. The van der Waals surface area contributed by atoms with E-state index in [0.717, 1.165) is 0 Å². The topological polar surface area (TPSA) is 56.6 Å². The molecule has 0 aromatic carbocycles. The standard InChI is InChI=1S/C7H6N2O/c1-5-6(4-8)7(10)2-3-9-5/h2-3H,1H3,(H,9,10). The van der Waals surface area contributed by atoms with Crippen LogP contribution < -0.4 is 5.43 Å². The molecular weight excluding hydrogens is 128 g/mol. The Balaban J connectivity index is 3.50. The van der Waals surface area contributed by atoms with Gasteiger partial charge < -0.3 is 4.98 Å². The van der Waals surface area contributed by atoms with Crippen molar-refractivity contribution in [2.75, 3.05) is 0 Å². The van der Waals surface area contributed by atoms with Crippen LogP contribution in [0.1, 0.15) is 11.3 Å². The van der Waals surface area contributed by atoms with E-state index in [1.165, 1.54) is 12.3 Å². The number of nitriles is 1. The van der Waals surface area contributed by atoms with Crippen LogP contribution in [0.2, 0.25) is 0 Å². The molecule has 0 fully saturated rings. The lowest BCUT2D eigenvalue weighted by Gasteiger charge is -1.91. The van der Waals surface area contributed by atoms with Crippen molar-refractivity contribution in [3.8, 4) is 6.07 Å². The van der Waals surface area contributed by atoms with Crippen LogP contribution in [0.15, 0.2) is 17.1 Å². The van der Waals surface area contributed by atoms with Gasteiger partial charge in [-0.05, 0) is 6.92 Å². The Bertz CT molecular complexity index is 332. The van der Waals surface area contributed by atoms with Crippen LogP contribution in [-0.4, -0.2) is 4.98 Å². The minimum Gasteiger partial charge on any atom is -0.364 e. The second-order valence-electron chi connectivity index (χ2n) is 1.95. The highest BCUT2D eigenvalue weighted by Crippen LogP contribution is 1.92. The second-order valence-corrected chi connectivity index (χ2v) is 1.95. The van der Waals surface area contributed by atoms with Crippen LogP contribution in [-0.2, 0) is 0 Å². The quantitative estimate of drug-likeness (QED) is 0.563. The van der Waals surface area contributed by atoms with E-state index in [4.69, 9.17) is 5.26 Å². The highest BCUT2D eigenvalue weighted by atomic mass is 16.1. The molecule has 50 valence electrons. The molecular formula is C7H6N2O. The Labute approximate surface area is 57.9 Å². The van der Waals surface area contributed by atoms with Gasteiger partial charge in [-0.15, -0.1) is 0 Å².